The highest BCUT2D eigenvalue weighted by Crippen LogP contribution is 2.29. The van der Waals surface area contributed by atoms with Crippen molar-refractivity contribution in [2.75, 3.05) is 23.8 Å². The second kappa shape index (κ2) is 13.7. The predicted molar refractivity (Wildman–Crippen MR) is 128 cm³/mol. The summed E-state index contributed by atoms with van der Waals surface area (Å²) in [4.78, 5) is 23.0. The number of rotatable bonds is 13. The molecule has 4 N–H and O–H groups in total. The molecule has 0 radical (unpaired) electrons. The van der Waals surface area contributed by atoms with Gasteiger partial charge in [0.2, 0.25) is 11.8 Å². The Morgan fingerprint density at radius 3 is 2.17 bits per heavy atom. The van der Waals surface area contributed by atoms with E-state index in [9.17, 15) is 27.9 Å². The fraction of sp³-hybridized carbons (Fsp3) is 0.440. The van der Waals surface area contributed by atoms with Gasteiger partial charge >= 0.3 is 6.18 Å². The molecule has 2 atom stereocenters. The number of unbranched alkanes of at least 4 members (excludes halogenated alkanes) is 1. The molecule has 192 valence electrons. The van der Waals surface area contributed by atoms with Crippen LogP contribution in [0.5, 0.6) is 5.75 Å². The zero-order valence-corrected chi connectivity index (χ0v) is 19.8. The smallest absolute Gasteiger partial charge is 0.416 e. The first-order valence-corrected chi connectivity index (χ1v) is 11.4. The van der Waals surface area contributed by atoms with Gasteiger partial charge in [-0.2, -0.15) is 13.2 Å². The van der Waals surface area contributed by atoms with Crippen molar-refractivity contribution in [2.24, 2.45) is 0 Å². The van der Waals surface area contributed by atoms with Crippen LogP contribution in [0, 0.1) is 0 Å². The number of anilines is 2. The van der Waals surface area contributed by atoms with Crippen LogP contribution in [-0.2, 0) is 15.8 Å². The Morgan fingerprint density at radius 2 is 1.57 bits per heavy atom. The van der Waals surface area contributed by atoms with Crippen molar-refractivity contribution in [1.29, 1.82) is 0 Å². The average Bonchev–Trinajstić information content (AvgIpc) is 2.79. The standard InChI is InChI=1S/C25H32F3N3O4/c1-17(29-15-22(33)16-35-23-13-11-20(12-14-23)30-18(2)32)5-3-4-6-24(34)31-21-9-7-19(8-10-21)25(26,27)28/h7-14,17,22,29,33H,3-6,15-16H2,1-2H3,(H,30,32)(H,31,34). The van der Waals surface area contributed by atoms with E-state index in [0.717, 1.165) is 25.0 Å². The molecular weight excluding hydrogens is 463 g/mol. The second-order valence-corrected chi connectivity index (χ2v) is 8.35. The van der Waals surface area contributed by atoms with E-state index in [1.54, 1.807) is 24.3 Å². The fourth-order valence-electron chi connectivity index (χ4n) is 3.23. The summed E-state index contributed by atoms with van der Waals surface area (Å²) < 4.78 is 43.3. The summed E-state index contributed by atoms with van der Waals surface area (Å²) >= 11 is 0. The number of alkyl halides is 3. The normalized spacial score (nSPS) is 13.1. The summed E-state index contributed by atoms with van der Waals surface area (Å²) in [6.45, 7) is 3.87. The van der Waals surface area contributed by atoms with Gasteiger partial charge in [-0.3, -0.25) is 9.59 Å². The van der Waals surface area contributed by atoms with E-state index in [4.69, 9.17) is 4.74 Å². The van der Waals surface area contributed by atoms with Crippen molar-refractivity contribution in [1.82, 2.24) is 5.32 Å². The number of hydrogen-bond donors (Lipinski definition) is 4. The maximum absolute atomic E-state index is 12.6. The van der Waals surface area contributed by atoms with Gasteiger partial charge < -0.3 is 25.8 Å². The first-order chi connectivity index (χ1) is 16.5. The van der Waals surface area contributed by atoms with Crippen LogP contribution in [0.25, 0.3) is 0 Å². The molecule has 0 bridgehead atoms. The lowest BCUT2D eigenvalue weighted by atomic mass is 10.1. The second-order valence-electron chi connectivity index (χ2n) is 8.35. The van der Waals surface area contributed by atoms with Gasteiger partial charge in [0.25, 0.3) is 0 Å². The molecule has 10 heteroatoms. The van der Waals surface area contributed by atoms with Crippen LogP contribution in [-0.4, -0.2) is 42.2 Å². The molecule has 2 aromatic rings. The minimum atomic E-state index is -4.40. The molecule has 2 unspecified atom stereocenters. The molecular formula is C25H32F3N3O4. The quantitative estimate of drug-likeness (QED) is 0.305. The summed E-state index contributed by atoms with van der Waals surface area (Å²) in [6, 6.07) is 11.3. The van der Waals surface area contributed by atoms with Gasteiger partial charge in [0, 0.05) is 37.3 Å². The van der Waals surface area contributed by atoms with Crippen molar-refractivity contribution in [3.63, 3.8) is 0 Å². The lowest BCUT2D eigenvalue weighted by molar-refractivity contribution is -0.137. The summed E-state index contributed by atoms with van der Waals surface area (Å²) in [5, 5.41) is 18.6. The number of carbonyl (C=O) groups is 2. The van der Waals surface area contributed by atoms with Crippen LogP contribution in [0.4, 0.5) is 24.5 Å². The molecule has 0 heterocycles. The van der Waals surface area contributed by atoms with E-state index < -0.39 is 17.8 Å². The molecule has 0 aliphatic carbocycles. The number of benzene rings is 2. The molecule has 0 saturated heterocycles. The van der Waals surface area contributed by atoms with E-state index in [0.29, 0.717) is 30.1 Å². The maximum atomic E-state index is 12.6. The van der Waals surface area contributed by atoms with Crippen molar-refractivity contribution in [2.45, 2.75) is 57.9 Å². The van der Waals surface area contributed by atoms with E-state index in [1.165, 1.54) is 19.1 Å². The topological polar surface area (TPSA) is 99.7 Å². The molecule has 35 heavy (non-hydrogen) atoms. The molecule has 0 saturated carbocycles. The minimum Gasteiger partial charge on any atom is -0.491 e. The number of aliphatic hydroxyl groups excluding tert-OH is 1. The van der Waals surface area contributed by atoms with Crippen LogP contribution in [0.15, 0.2) is 48.5 Å². The Labute approximate surface area is 203 Å². The van der Waals surface area contributed by atoms with E-state index >= 15 is 0 Å². The zero-order chi connectivity index (χ0) is 25.8. The molecule has 0 aromatic heterocycles. The first kappa shape index (κ1) is 28.1. The van der Waals surface area contributed by atoms with Crippen molar-refractivity contribution in [3.05, 3.63) is 54.1 Å². The van der Waals surface area contributed by atoms with Crippen molar-refractivity contribution >= 4 is 23.2 Å². The van der Waals surface area contributed by atoms with Crippen LogP contribution < -0.4 is 20.7 Å². The fourth-order valence-corrected chi connectivity index (χ4v) is 3.23. The Morgan fingerprint density at radius 1 is 0.971 bits per heavy atom. The number of amides is 2. The van der Waals surface area contributed by atoms with Crippen molar-refractivity contribution < 1.29 is 32.6 Å². The van der Waals surface area contributed by atoms with Gasteiger partial charge in [0.1, 0.15) is 18.5 Å². The molecule has 2 aromatic carbocycles. The molecule has 0 aliphatic heterocycles. The molecule has 0 fully saturated rings. The molecule has 0 aliphatic rings. The SMILES string of the molecule is CC(=O)Nc1ccc(OCC(O)CNC(C)CCCCC(=O)Nc2ccc(C(F)(F)F)cc2)cc1. The number of aliphatic hydroxyl groups is 1. The van der Waals surface area contributed by atoms with Gasteiger partial charge in [0.05, 0.1) is 5.56 Å². The summed E-state index contributed by atoms with van der Waals surface area (Å²) in [5.41, 5.74) is 0.238. The lowest BCUT2D eigenvalue weighted by Gasteiger charge is -2.17. The average molecular weight is 496 g/mol. The van der Waals surface area contributed by atoms with E-state index in [1.807, 2.05) is 6.92 Å². The molecule has 0 spiro atoms. The Bertz CT molecular complexity index is 934. The number of ether oxygens (including phenoxy) is 1. The van der Waals surface area contributed by atoms with E-state index in [2.05, 4.69) is 16.0 Å². The van der Waals surface area contributed by atoms with Crippen molar-refractivity contribution in [3.8, 4) is 5.75 Å². The summed E-state index contributed by atoms with van der Waals surface area (Å²) in [5.74, 6) is 0.180. The number of carbonyl (C=O) groups excluding carboxylic acids is 2. The van der Waals surface area contributed by atoms with Gasteiger partial charge in [-0.25, -0.2) is 0 Å². The van der Waals surface area contributed by atoms with Crippen LogP contribution >= 0.6 is 0 Å². The van der Waals surface area contributed by atoms with Crippen LogP contribution in [0.3, 0.4) is 0 Å². The van der Waals surface area contributed by atoms with E-state index in [-0.39, 0.29) is 30.9 Å². The summed E-state index contributed by atoms with van der Waals surface area (Å²) in [7, 11) is 0. The van der Waals surface area contributed by atoms with Gasteiger partial charge in [-0.15, -0.1) is 0 Å². The Balaban J connectivity index is 1.56. The zero-order valence-electron chi connectivity index (χ0n) is 19.8. The molecule has 2 amide bonds. The highest BCUT2D eigenvalue weighted by molar-refractivity contribution is 5.90. The van der Waals surface area contributed by atoms with Gasteiger partial charge in [-0.1, -0.05) is 6.42 Å². The third-order valence-electron chi connectivity index (χ3n) is 5.11. The highest BCUT2D eigenvalue weighted by atomic mass is 19.4. The van der Waals surface area contributed by atoms with Crippen LogP contribution in [0.2, 0.25) is 0 Å². The molecule has 2 rings (SSSR count). The number of halogens is 3. The third-order valence-corrected chi connectivity index (χ3v) is 5.11. The largest absolute Gasteiger partial charge is 0.491 e. The third kappa shape index (κ3) is 11.2. The first-order valence-electron chi connectivity index (χ1n) is 11.4. The summed E-state index contributed by atoms with van der Waals surface area (Å²) in [6.07, 6.45) is -2.63. The maximum Gasteiger partial charge on any atom is 0.416 e. The number of nitrogens with one attached hydrogen (secondary N) is 3. The number of hydrogen-bond acceptors (Lipinski definition) is 5. The predicted octanol–water partition coefficient (Wildman–Crippen LogP) is 4.58. The highest BCUT2D eigenvalue weighted by Gasteiger charge is 2.29. The Kier molecular flexibility index (Phi) is 11.0. The molecule has 7 nitrogen and oxygen atoms in total. The van der Waals surface area contributed by atoms with Gasteiger partial charge in [0.15, 0.2) is 0 Å². The van der Waals surface area contributed by atoms with Crippen LogP contribution in [0.1, 0.15) is 45.1 Å². The lowest BCUT2D eigenvalue weighted by Crippen LogP contribution is -2.36. The Hall–Kier alpha value is -3.11. The van der Waals surface area contributed by atoms with Gasteiger partial charge in [-0.05, 0) is 68.3 Å². The monoisotopic (exact) mass is 495 g/mol. The minimum absolute atomic E-state index is 0.114.